The molecule has 1 atom stereocenters. The van der Waals surface area contributed by atoms with E-state index in [4.69, 9.17) is 16.3 Å². The van der Waals surface area contributed by atoms with Gasteiger partial charge in [-0.05, 0) is 12.1 Å². The Balaban J connectivity index is 2.47. The Bertz CT molecular complexity index is 571. The molecule has 0 fully saturated rings. The first-order chi connectivity index (χ1) is 8.54. The third-order valence-corrected chi connectivity index (χ3v) is 2.92. The number of rotatable bonds is 3. The first-order valence-corrected chi connectivity index (χ1v) is 5.61. The molecular formula is C12H12ClFN2O2. The predicted octanol–water partition coefficient (Wildman–Crippen LogP) is 2.30. The summed E-state index contributed by atoms with van der Waals surface area (Å²) in [5.41, 5.74) is 0.514. The number of methoxy groups -OCH3 is 1. The summed E-state index contributed by atoms with van der Waals surface area (Å²) in [4.78, 5) is 0. The van der Waals surface area contributed by atoms with E-state index in [9.17, 15) is 9.50 Å². The topological polar surface area (TPSA) is 47.3 Å². The molecule has 1 N–H and O–H groups in total. The number of aryl methyl sites for hydroxylation is 1. The Kier molecular flexibility index (Phi) is 3.54. The summed E-state index contributed by atoms with van der Waals surface area (Å²) in [7, 11) is 3.11. The number of hydrogen-bond donors (Lipinski definition) is 1. The normalized spacial score (nSPS) is 12.5. The third kappa shape index (κ3) is 2.19. The Morgan fingerprint density at radius 3 is 2.83 bits per heavy atom. The second-order valence-electron chi connectivity index (χ2n) is 3.79. The molecule has 1 heterocycles. The van der Waals surface area contributed by atoms with Crippen molar-refractivity contribution in [3.05, 3.63) is 46.5 Å². The highest BCUT2D eigenvalue weighted by Crippen LogP contribution is 2.31. The van der Waals surface area contributed by atoms with Gasteiger partial charge in [0.2, 0.25) is 0 Å². The molecule has 2 rings (SSSR count). The molecule has 18 heavy (non-hydrogen) atoms. The van der Waals surface area contributed by atoms with E-state index in [1.807, 2.05) is 0 Å². The lowest BCUT2D eigenvalue weighted by atomic mass is 10.1. The lowest BCUT2D eigenvalue weighted by Gasteiger charge is -2.14. The molecule has 0 aliphatic heterocycles. The molecule has 1 unspecified atom stereocenters. The van der Waals surface area contributed by atoms with Gasteiger partial charge in [0.05, 0.1) is 13.3 Å². The monoisotopic (exact) mass is 270 g/mol. The van der Waals surface area contributed by atoms with Crippen LogP contribution in [-0.2, 0) is 7.05 Å². The quantitative estimate of drug-likeness (QED) is 0.931. The molecule has 0 aliphatic carbocycles. The molecule has 0 radical (unpaired) electrons. The van der Waals surface area contributed by atoms with E-state index in [-0.39, 0.29) is 10.6 Å². The number of aliphatic hydroxyl groups excluding tert-OH is 1. The van der Waals surface area contributed by atoms with Crippen LogP contribution in [0.3, 0.4) is 0 Å². The van der Waals surface area contributed by atoms with Crippen molar-refractivity contribution in [2.75, 3.05) is 7.11 Å². The zero-order valence-electron chi connectivity index (χ0n) is 9.89. The van der Waals surface area contributed by atoms with Crippen molar-refractivity contribution in [3.8, 4) is 5.75 Å². The second kappa shape index (κ2) is 4.96. The third-order valence-electron chi connectivity index (χ3n) is 2.69. The maximum absolute atomic E-state index is 13.7. The summed E-state index contributed by atoms with van der Waals surface area (Å²) in [6.07, 6.45) is 0.302. The molecule has 1 aromatic carbocycles. The van der Waals surface area contributed by atoms with Crippen molar-refractivity contribution < 1.29 is 14.2 Å². The van der Waals surface area contributed by atoms with Crippen molar-refractivity contribution in [1.29, 1.82) is 0 Å². The fraction of sp³-hybridized carbons (Fsp3) is 0.250. The summed E-state index contributed by atoms with van der Waals surface area (Å²) in [5, 5.41) is 14.5. The summed E-state index contributed by atoms with van der Waals surface area (Å²) in [6.45, 7) is 0. The lowest BCUT2D eigenvalue weighted by Crippen LogP contribution is -2.09. The molecular weight excluding hydrogens is 259 g/mol. The summed E-state index contributed by atoms with van der Waals surface area (Å²) >= 11 is 5.67. The maximum Gasteiger partial charge on any atom is 0.162 e. The van der Waals surface area contributed by atoms with Crippen molar-refractivity contribution in [1.82, 2.24) is 9.78 Å². The minimum absolute atomic E-state index is 0.126. The van der Waals surface area contributed by atoms with Gasteiger partial charge in [-0.2, -0.15) is 5.10 Å². The van der Waals surface area contributed by atoms with E-state index in [2.05, 4.69) is 5.10 Å². The van der Waals surface area contributed by atoms with Crippen LogP contribution < -0.4 is 4.74 Å². The molecule has 2 aromatic rings. The predicted molar refractivity (Wildman–Crippen MR) is 65.2 cm³/mol. The first-order valence-electron chi connectivity index (χ1n) is 5.23. The maximum atomic E-state index is 13.7. The van der Waals surface area contributed by atoms with Gasteiger partial charge >= 0.3 is 0 Å². The molecule has 1 aromatic heterocycles. The molecule has 4 nitrogen and oxygen atoms in total. The number of aliphatic hydroxyl groups is 1. The van der Waals surface area contributed by atoms with E-state index in [1.54, 1.807) is 7.05 Å². The van der Waals surface area contributed by atoms with Crippen LogP contribution in [0.2, 0.25) is 5.02 Å². The Labute approximate surface area is 109 Å². The van der Waals surface area contributed by atoms with Crippen molar-refractivity contribution >= 4 is 11.6 Å². The number of hydrogen-bond acceptors (Lipinski definition) is 3. The van der Waals surface area contributed by atoms with Gasteiger partial charge in [-0.25, -0.2) is 4.39 Å². The Morgan fingerprint density at radius 1 is 1.50 bits per heavy atom. The van der Waals surface area contributed by atoms with E-state index in [0.29, 0.717) is 11.4 Å². The van der Waals surface area contributed by atoms with Crippen molar-refractivity contribution in [2.45, 2.75) is 6.10 Å². The fourth-order valence-corrected chi connectivity index (χ4v) is 1.93. The second-order valence-corrected chi connectivity index (χ2v) is 4.23. The van der Waals surface area contributed by atoms with E-state index in [0.717, 1.165) is 6.07 Å². The van der Waals surface area contributed by atoms with Gasteiger partial charge in [0.25, 0.3) is 0 Å². The summed E-state index contributed by atoms with van der Waals surface area (Å²) in [5.74, 6) is -0.169. The number of halogens is 2. The van der Waals surface area contributed by atoms with Gasteiger partial charge in [0.15, 0.2) is 5.75 Å². The fourth-order valence-electron chi connectivity index (χ4n) is 1.77. The molecule has 6 heteroatoms. The van der Waals surface area contributed by atoms with Crippen molar-refractivity contribution in [2.24, 2.45) is 7.05 Å². The van der Waals surface area contributed by atoms with Gasteiger partial charge in [-0.15, -0.1) is 0 Å². The van der Waals surface area contributed by atoms with Crippen LogP contribution >= 0.6 is 11.6 Å². The number of ether oxygens (including phenoxy) is 1. The van der Waals surface area contributed by atoms with Gasteiger partial charge in [-0.1, -0.05) is 17.7 Å². The SMILES string of the molecule is COc1cnn(C)c1C(O)c1ccc(Cl)cc1F. The smallest absolute Gasteiger partial charge is 0.162 e. The summed E-state index contributed by atoms with van der Waals surface area (Å²) in [6, 6.07) is 4.11. The highest BCUT2D eigenvalue weighted by atomic mass is 35.5. The van der Waals surface area contributed by atoms with E-state index in [1.165, 1.54) is 30.1 Å². The van der Waals surface area contributed by atoms with E-state index >= 15 is 0 Å². The molecule has 0 aliphatic rings. The number of benzene rings is 1. The summed E-state index contributed by atoms with van der Waals surface area (Å²) < 4.78 is 20.3. The largest absolute Gasteiger partial charge is 0.493 e. The standard InChI is InChI=1S/C12H12ClFN2O2/c1-16-11(10(18-2)6-15-16)12(17)8-4-3-7(13)5-9(8)14/h3-6,12,17H,1-2H3. The van der Waals surface area contributed by atoms with Crippen LogP contribution in [0.4, 0.5) is 4.39 Å². The molecule has 0 saturated carbocycles. The highest BCUT2D eigenvalue weighted by molar-refractivity contribution is 6.30. The first kappa shape index (κ1) is 12.9. The molecule has 96 valence electrons. The lowest BCUT2D eigenvalue weighted by molar-refractivity contribution is 0.199. The van der Waals surface area contributed by atoms with Crippen LogP contribution in [0.5, 0.6) is 5.75 Å². The van der Waals surface area contributed by atoms with Gasteiger partial charge in [0.1, 0.15) is 17.6 Å². The number of aromatic nitrogens is 2. The average molecular weight is 271 g/mol. The zero-order chi connectivity index (χ0) is 13.3. The molecule has 0 spiro atoms. The molecule has 0 bridgehead atoms. The zero-order valence-corrected chi connectivity index (χ0v) is 10.6. The average Bonchev–Trinajstić information content (AvgIpc) is 2.69. The Morgan fingerprint density at radius 2 is 2.22 bits per heavy atom. The number of nitrogens with zero attached hydrogens (tertiary/aromatic N) is 2. The highest BCUT2D eigenvalue weighted by Gasteiger charge is 2.22. The van der Waals surface area contributed by atoms with Gasteiger partial charge in [-0.3, -0.25) is 4.68 Å². The van der Waals surface area contributed by atoms with Gasteiger partial charge < -0.3 is 9.84 Å². The molecule has 0 saturated heterocycles. The Hall–Kier alpha value is -1.59. The van der Waals surface area contributed by atoms with Crippen LogP contribution in [0.1, 0.15) is 17.4 Å². The van der Waals surface area contributed by atoms with Gasteiger partial charge in [0, 0.05) is 17.6 Å². The van der Waals surface area contributed by atoms with Crippen LogP contribution in [0, 0.1) is 5.82 Å². The van der Waals surface area contributed by atoms with E-state index < -0.39 is 11.9 Å². The minimum atomic E-state index is -1.16. The van der Waals surface area contributed by atoms with Crippen molar-refractivity contribution in [3.63, 3.8) is 0 Å². The molecule has 0 amide bonds. The van der Waals surface area contributed by atoms with Crippen LogP contribution in [0.25, 0.3) is 0 Å². The van der Waals surface area contributed by atoms with Crippen LogP contribution in [-0.4, -0.2) is 22.0 Å². The van der Waals surface area contributed by atoms with Crippen LogP contribution in [0.15, 0.2) is 24.4 Å². The minimum Gasteiger partial charge on any atom is -0.493 e.